The molecule has 2 rings (SSSR count). The van der Waals surface area contributed by atoms with Crippen LogP contribution in [0.2, 0.25) is 0 Å². The molecule has 2 atom stereocenters. The number of benzene rings is 1. The summed E-state index contributed by atoms with van der Waals surface area (Å²) in [5.74, 6) is -0.865. The lowest BCUT2D eigenvalue weighted by molar-refractivity contribution is 0.0217. The molecule has 0 fully saturated rings. The molecule has 0 spiro atoms. The van der Waals surface area contributed by atoms with Crippen LogP contribution in [0.5, 0.6) is 0 Å². The molecule has 7 nitrogen and oxygen atoms in total. The third kappa shape index (κ3) is 2.54. The van der Waals surface area contributed by atoms with E-state index < -0.39 is 23.6 Å². The maximum Gasteiger partial charge on any atom is 0.419 e. The number of aromatic nitrogens is 1. The van der Waals surface area contributed by atoms with Crippen molar-refractivity contribution in [3.05, 3.63) is 44.7 Å². The quantitative estimate of drug-likeness (QED) is 0.702. The van der Waals surface area contributed by atoms with Gasteiger partial charge in [0.2, 0.25) is 0 Å². The molecular formula is C12H10N2O5. The minimum atomic E-state index is -1.30. The molecule has 1 aromatic heterocycles. The molecule has 0 amide bonds. The van der Waals surface area contributed by atoms with Crippen LogP contribution in [-0.4, -0.2) is 21.3 Å². The highest BCUT2D eigenvalue weighted by Gasteiger charge is 2.19. The van der Waals surface area contributed by atoms with E-state index in [1.807, 2.05) is 0 Å². The average Bonchev–Trinajstić information content (AvgIpc) is 2.37. The molecule has 0 radical (unpaired) electrons. The molecule has 0 saturated carbocycles. The van der Waals surface area contributed by atoms with Crippen LogP contribution in [-0.2, 0) is 0 Å². The molecule has 98 valence electrons. The van der Waals surface area contributed by atoms with Crippen molar-refractivity contribution in [2.24, 2.45) is 0 Å². The number of hydrogen-bond acceptors (Lipinski definition) is 6. The molecule has 2 unspecified atom stereocenters. The van der Waals surface area contributed by atoms with Crippen LogP contribution in [0.15, 0.2) is 32.2 Å². The first-order valence-corrected chi connectivity index (χ1v) is 5.43. The van der Waals surface area contributed by atoms with E-state index in [9.17, 15) is 19.8 Å². The number of fused-ring (bicyclic) bond motifs is 1. The zero-order valence-electron chi connectivity index (χ0n) is 9.66. The van der Waals surface area contributed by atoms with Gasteiger partial charge in [-0.1, -0.05) is 6.07 Å². The number of nitrogens with one attached hydrogen (secondary N) is 1. The van der Waals surface area contributed by atoms with Gasteiger partial charge in [-0.3, -0.25) is 4.98 Å². The number of nitriles is 1. The summed E-state index contributed by atoms with van der Waals surface area (Å²) in [6.45, 7) is 0. The highest BCUT2D eigenvalue weighted by atomic mass is 16.4. The zero-order valence-corrected chi connectivity index (χ0v) is 9.66. The molecule has 0 aliphatic heterocycles. The van der Waals surface area contributed by atoms with E-state index in [0.29, 0.717) is 0 Å². The lowest BCUT2D eigenvalue weighted by Crippen LogP contribution is -2.19. The average molecular weight is 262 g/mol. The van der Waals surface area contributed by atoms with Crippen molar-refractivity contribution in [3.63, 3.8) is 0 Å². The largest absolute Gasteiger partial charge is 0.419 e. The highest BCUT2D eigenvalue weighted by Crippen LogP contribution is 2.21. The Kier molecular flexibility index (Phi) is 3.46. The Morgan fingerprint density at radius 2 is 2.11 bits per heavy atom. The van der Waals surface area contributed by atoms with Gasteiger partial charge in [-0.2, -0.15) is 5.26 Å². The summed E-state index contributed by atoms with van der Waals surface area (Å²) in [6.07, 6.45) is -2.79. The van der Waals surface area contributed by atoms with Gasteiger partial charge in [0.25, 0.3) is 0 Å². The predicted octanol–water partition coefficient (Wildman–Crippen LogP) is -0.211. The van der Waals surface area contributed by atoms with E-state index in [4.69, 9.17) is 5.26 Å². The number of aliphatic hydroxyl groups is 2. The summed E-state index contributed by atoms with van der Waals surface area (Å²) in [7, 11) is 0. The van der Waals surface area contributed by atoms with Gasteiger partial charge in [-0.25, -0.2) is 9.59 Å². The molecule has 0 aliphatic rings. The SMILES string of the molecule is N#CCC(O)C(O)c1ccc2[nH]c(=O)oc(=O)c2c1. The maximum absolute atomic E-state index is 11.5. The van der Waals surface area contributed by atoms with Crippen molar-refractivity contribution >= 4 is 10.9 Å². The third-order valence-electron chi connectivity index (χ3n) is 2.69. The fraction of sp³-hybridized carbons (Fsp3) is 0.250. The van der Waals surface area contributed by atoms with Crippen molar-refractivity contribution in [2.75, 3.05) is 0 Å². The number of H-pyrrole nitrogens is 1. The van der Waals surface area contributed by atoms with Crippen LogP contribution >= 0.6 is 0 Å². The van der Waals surface area contributed by atoms with E-state index in [0.717, 1.165) is 0 Å². The zero-order chi connectivity index (χ0) is 14.0. The summed E-state index contributed by atoms with van der Waals surface area (Å²) in [4.78, 5) is 24.8. The number of hydrogen-bond donors (Lipinski definition) is 3. The Balaban J connectivity index is 2.51. The Labute approximate surface area is 106 Å². The van der Waals surface area contributed by atoms with E-state index in [1.54, 1.807) is 6.07 Å². The van der Waals surface area contributed by atoms with Crippen LogP contribution < -0.4 is 11.4 Å². The topological polar surface area (TPSA) is 127 Å². The summed E-state index contributed by atoms with van der Waals surface area (Å²) in [5.41, 5.74) is -0.302. The Bertz CT molecular complexity index is 755. The van der Waals surface area contributed by atoms with Gasteiger partial charge >= 0.3 is 11.4 Å². The Morgan fingerprint density at radius 3 is 2.79 bits per heavy atom. The van der Waals surface area contributed by atoms with Crippen molar-refractivity contribution in [3.8, 4) is 6.07 Å². The molecule has 19 heavy (non-hydrogen) atoms. The first-order chi connectivity index (χ1) is 9.02. The molecular weight excluding hydrogens is 252 g/mol. The van der Waals surface area contributed by atoms with Gasteiger partial charge in [0.1, 0.15) is 6.10 Å². The Hall–Kier alpha value is -2.43. The second-order valence-electron chi connectivity index (χ2n) is 3.98. The minimum Gasteiger partial charge on any atom is -0.389 e. The molecule has 1 heterocycles. The van der Waals surface area contributed by atoms with Crippen molar-refractivity contribution in [2.45, 2.75) is 18.6 Å². The lowest BCUT2D eigenvalue weighted by Gasteiger charge is -2.15. The second-order valence-corrected chi connectivity index (χ2v) is 3.98. The van der Waals surface area contributed by atoms with Crippen LogP contribution in [0.25, 0.3) is 10.9 Å². The van der Waals surface area contributed by atoms with E-state index in [2.05, 4.69) is 9.40 Å². The van der Waals surface area contributed by atoms with Gasteiger partial charge in [0.05, 0.1) is 29.5 Å². The van der Waals surface area contributed by atoms with E-state index >= 15 is 0 Å². The van der Waals surface area contributed by atoms with Gasteiger partial charge in [0, 0.05) is 0 Å². The Morgan fingerprint density at radius 1 is 1.37 bits per heavy atom. The van der Waals surface area contributed by atoms with Crippen LogP contribution in [0, 0.1) is 11.3 Å². The molecule has 3 N–H and O–H groups in total. The molecule has 0 saturated heterocycles. The third-order valence-corrected chi connectivity index (χ3v) is 2.69. The standard InChI is InChI=1S/C12H10N2O5/c13-4-3-9(15)10(16)6-1-2-8-7(5-6)11(17)19-12(18)14-8/h1-2,5,9-10,15-16H,3H2,(H,14,18). The van der Waals surface area contributed by atoms with E-state index in [-0.39, 0.29) is 22.9 Å². The van der Waals surface area contributed by atoms with Gasteiger partial charge in [-0.15, -0.1) is 0 Å². The van der Waals surface area contributed by atoms with Crippen LogP contribution in [0.4, 0.5) is 0 Å². The molecule has 2 aromatic rings. The fourth-order valence-electron chi connectivity index (χ4n) is 1.73. The van der Waals surface area contributed by atoms with Crippen LogP contribution in [0.3, 0.4) is 0 Å². The summed E-state index contributed by atoms with van der Waals surface area (Å²) in [6, 6.07) is 5.91. The second kappa shape index (κ2) is 5.06. The van der Waals surface area contributed by atoms with Crippen molar-refractivity contribution in [1.82, 2.24) is 4.98 Å². The molecule has 0 aliphatic carbocycles. The predicted molar refractivity (Wildman–Crippen MR) is 64.3 cm³/mol. The van der Waals surface area contributed by atoms with Gasteiger partial charge < -0.3 is 14.6 Å². The first-order valence-electron chi connectivity index (χ1n) is 5.43. The number of aromatic amines is 1. The number of aliphatic hydroxyl groups excluding tert-OH is 2. The van der Waals surface area contributed by atoms with Gasteiger partial charge in [0.15, 0.2) is 0 Å². The first kappa shape index (κ1) is 13.0. The number of nitrogens with zero attached hydrogens (tertiary/aromatic N) is 1. The summed E-state index contributed by atoms with van der Waals surface area (Å²) in [5, 5.41) is 27.9. The summed E-state index contributed by atoms with van der Waals surface area (Å²) < 4.78 is 4.37. The molecule has 1 aromatic carbocycles. The smallest absolute Gasteiger partial charge is 0.389 e. The highest BCUT2D eigenvalue weighted by molar-refractivity contribution is 5.77. The fourth-order valence-corrected chi connectivity index (χ4v) is 1.73. The van der Waals surface area contributed by atoms with Crippen molar-refractivity contribution < 1.29 is 14.6 Å². The summed E-state index contributed by atoms with van der Waals surface area (Å²) >= 11 is 0. The minimum absolute atomic E-state index is 0.0836. The van der Waals surface area contributed by atoms with Crippen molar-refractivity contribution in [1.29, 1.82) is 5.26 Å². The van der Waals surface area contributed by atoms with Crippen LogP contribution in [0.1, 0.15) is 18.1 Å². The lowest BCUT2D eigenvalue weighted by atomic mass is 10.0. The molecule has 0 bridgehead atoms. The maximum atomic E-state index is 11.5. The molecule has 7 heteroatoms. The normalized spacial score (nSPS) is 13.9. The monoisotopic (exact) mass is 262 g/mol. The number of rotatable bonds is 3. The van der Waals surface area contributed by atoms with Gasteiger partial charge in [-0.05, 0) is 17.7 Å². The van der Waals surface area contributed by atoms with E-state index in [1.165, 1.54) is 18.2 Å².